The van der Waals surface area contributed by atoms with Crippen molar-refractivity contribution in [2.75, 3.05) is 6.54 Å². The third-order valence-electron chi connectivity index (χ3n) is 2.81. The lowest BCUT2D eigenvalue weighted by atomic mass is 9.91. The van der Waals surface area contributed by atoms with Crippen LogP contribution in [0.3, 0.4) is 0 Å². The second kappa shape index (κ2) is 5.47. The number of hydrogen-bond acceptors (Lipinski definition) is 3. The van der Waals surface area contributed by atoms with Gasteiger partial charge in [0, 0.05) is 18.5 Å². The molecule has 1 amide bonds. The summed E-state index contributed by atoms with van der Waals surface area (Å²) in [5.74, 6) is 0.202. The SMILES string of the molecule is CC(CN)NC(=O)C1CC(C)OC(C)C1. The molecule has 88 valence electrons. The van der Waals surface area contributed by atoms with Gasteiger partial charge in [0.25, 0.3) is 0 Å². The van der Waals surface area contributed by atoms with Crippen LogP contribution in [0.4, 0.5) is 0 Å². The fraction of sp³-hybridized carbons (Fsp3) is 0.909. The van der Waals surface area contributed by atoms with Gasteiger partial charge in [-0.2, -0.15) is 0 Å². The Kier molecular flexibility index (Phi) is 4.54. The summed E-state index contributed by atoms with van der Waals surface area (Å²) in [6, 6.07) is 0.0611. The smallest absolute Gasteiger partial charge is 0.223 e. The molecule has 1 heterocycles. The van der Waals surface area contributed by atoms with Crippen LogP contribution in [0.2, 0.25) is 0 Å². The standard InChI is InChI=1S/C11H22N2O2/c1-7(6-12)13-11(14)10-4-8(2)15-9(3)5-10/h7-10H,4-6,12H2,1-3H3,(H,13,14). The van der Waals surface area contributed by atoms with Gasteiger partial charge in [0.15, 0.2) is 0 Å². The fourth-order valence-electron chi connectivity index (χ4n) is 2.04. The highest BCUT2D eigenvalue weighted by Crippen LogP contribution is 2.24. The van der Waals surface area contributed by atoms with Crippen molar-refractivity contribution in [1.82, 2.24) is 5.32 Å². The lowest BCUT2D eigenvalue weighted by Gasteiger charge is -2.31. The quantitative estimate of drug-likeness (QED) is 0.725. The van der Waals surface area contributed by atoms with E-state index in [1.807, 2.05) is 20.8 Å². The molecule has 15 heavy (non-hydrogen) atoms. The van der Waals surface area contributed by atoms with Crippen LogP contribution < -0.4 is 11.1 Å². The van der Waals surface area contributed by atoms with Crippen LogP contribution >= 0.6 is 0 Å². The maximum absolute atomic E-state index is 11.8. The van der Waals surface area contributed by atoms with Crippen LogP contribution in [-0.2, 0) is 9.53 Å². The van der Waals surface area contributed by atoms with Gasteiger partial charge in [-0.05, 0) is 33.6 Å². The van der Waals surface area contributed by atoms with Crippen LogP contribution in [0.25, 0.3) is 0 Å². The first-order chi connectivity index (χ1) is 7.02. The van der Waals surface area contributed by atoms with Crippen LogP contribution in [0.15, 0.2) is 0 Å². The number of nitrogens with two attached hydrogens (primary N) is 1. The van der Waals surface area contributed by atoms with E-state index in [-0.39, 0.29) is 30.1 Å². The van der Waals surface area contributed by atoms with Gasteiger partial charge < -0.3 is 15.8 Å². The minimum atomic E-state index is 0.0611. The third-order valence-corrected chi connectivity index (χ3v) is 2.81. The Hall–Kier alpha value is -0.610. The lowest BCUT2D eigenvalue weighted by Crippen LogP contribution is -2.44. The topological polar surface area (TPSA) is 64.3 Å². The first kappa shape index (κ1) is 12.5. The molecule has 3 atom stereocenters. The van der Waals surface area contributed by atoms with Crippen molar-refractivity contribution in [1.29, 1.82) is 0 Å². The zero-order valence-corrected chi connectivity index (χ0v) is 9.82. The average Bonchev–Trinajstić information content (AvgIpc) is 2.16. The van der Waals surface area contributed by atoms with Crippen molar-refractivity contribution in [3.05, 3.63) is 0 Å². The molecule has 1 saturated heterocycles. The summed E-state index contributed by atoms with van der Waals surface area (Å²) < 4.78 is 5.59. The zero-order chi connectivity index (χ0) is 11.4. The van der Waals surface area contributed by atoms with Gasteiger partial charge in [-0.3, -0.25) is 4.79 Å². The maximum Gasteiger partial charge on any atom is 0.223 e. The molecule has 0 aromatic carbocycles. The summed E-state index contributed by atoms with van der Waals surface area (Å²) >= 11 is 0. The minimum absolute atomic E-state index is 0.0611. The Bertz CT molecular complexity index is 211. The molecular formula is C11H22N2O2. The first-order valence-electron chi connectivity index (χ1n) is 5.68. The van der Waals surface area contributed by atoms with Crippen LogP contribution in [0, 0.1) is 5.92 Å². The van der Waals surface area contributed by atoms with Gasteiger partial charge in [-0.25, -0.2) is 0 Å². The summed E-state index contributed by atoms with van der Waals surface area (Å²) in [7, 11) is 0. The van der Waals surface area contributed by atoms with E-state index in [1.54, 1.807) is 0 Å². The second-order valence-corrected chi connectivity index (χ2v) is 4.57. The summed E-state index contributed by atoms with van der Waals surface area (Å²) in [6.45, 7) is 6.44. The Morgan fingerprint density at radius 3 is 2.47 bits per heavy atom. The highest BCUT2D eigenvalue weighted by atomic mass is 16.5. The number of carbonyl (C=O) groups excluding carboxylic acids is 1. The van der Waals surface area contributed by atoms with E-state index < -0.39 is 0 Å². The van der Waals surface area contributed by atoms with Crippen molar-refractivity contribution in [3.63, 3.8) is 0 Å². The molecule has 0 saturated carbocycles. The summed E-state index contributed by atoms with van der Waals surface area (Å²) in [4.78, 5) is 11.8. The minimum Gasteiger partial charge on any atom is -0.376 e. The van der Waals surface area contributed by atoms with Crippen LogP contribution in [0.1, 0.15) is 33.6 Å². The normalized spacial score (nSPS) is 33.5. The van der Waals surface area contributed by atoms with Crippen LogP contribution in [-0.4, -0.2) is 30.7 Å². The molecule has 1 fully saturated rings. The first-order valence-corrected chi connectivity index (χ1v) is 5.68. The Labute approximate surface area is 91.5 Å². The number of carbonyl (C=O) groups is 1. The molecule has 0 radical (unpaired) electrons. The van der Waals surface area contributed by atoms with Crippen molar-refractivity contribution in [2.24, 2.45) is 11.7 Å². The highest BCUT2D eigenvalue weighted by Gasteiger charge is 2.29. The molecule has 1 aliphatic heterocycles. The van der Waals surface area contributed by atoms with E-state index in [0.717, 1.165) is 12.8 Å². The molecule has 0 bridgehead atoms. The number of ether oxygens (including phenoxy) is 1. The van der Waals surface area contributed by atoms with Gasteiger partial charge in [-0.15, -0.1) is 0 Å². The van der Waals surface area contributed by atoms with Crippen molar-refractivity contribution in [2.45, 2.75) is 51.9 Å². The molecule has 1 rings (SSSR count). The molecule has 0 aliphatic carbocycles. The van der Waals surface area contributed by atoms with Crippen molar-refractivity contribution < 1.29 is 9.53 Å². The third kappa shape index (κ3) is 3.80. The van der Waals surface area contributed by atoms with Gasteiger partial charge in [-0.1, -0.05) is 0 Å². The van der Waals surface area contributed by atoms with Crippen molar-refractivity contribution in [3.8, 4) is 0 Å². The maximum atomic E-state index is 11.8. The molecule has 4 heteroatoms. The molecule has 0 aromatic rings. The predicted molar refractivity (Wildman–Crippen MR) is 59.4 cm³/mol. The number of rotatable bonds is 3. The molecule has 3 N–H and O–H groups in total. The summed E-state index contributed by atoms with van der Waals surface area (Å²) in [5.41, 5.74) is 5.47. The Morgan fingerprint density at radius 2 is 2.00 bits per heavy atom. The molecule has 0 aromatic heterocycles. The van der Waals surface area contributed by atoms with Crippen LogP contribution in [0.5, 0.6) is 0 Å². The Balaban J connectivity index is 2.44. The summed E-state index contributed by atoms with van der Waals surface area (Å²) in [5, 5.41) is 2.92. The number of nitrogens with one attached hydrogen (secondary N) is 1. The predicted octanol–water partition coefficient (Wildman–Crippen LogP) is 0.653. The van der Waals surface area contributed by atoms with E-state index in [4.69, 9.17) is 10.5 Å². The molecule has 3 unspecified atom stereocenters. The molecule has 1 aliphatic rings. The lowest BCUT2D eigenvalue weighted by molar-refractivity contribution is -0.133. The molecule has 4 nitrogen and oxygen atoms in total. The van der Waals surface area contributed by atoms with E-state index in [9.17, 15) is 4.79 Å². The largest absolute Gasteiger partial charge is 0.376 e. The van der Waals surface area contributed by atoms with Crippen molar-refractivity contribution >= 4 is 5.91 Å². The molecule has 0 spiro atoms. The number of amides is 1. The van der Waals surface area contributed by atoms with Gasteiger partial charge >= 0.3 is 0 Å². The average molecular weight is 214 g/mol. The second-order valence-electron chi connectivity index (χ2n) is 4.57. The Morgan fingerprint density at radius 1 is 1.47 bits per heavy atom. The van der Waals surface area contributed by atoms with E-state index >= 15 is 0 Å². The van der Waals surface area contributed by atoms with E-state index in [1.165, 1.54) is 0 Å². The number of hydrogen-bond donors (Lipinski definition) is 2. The fourth-order valence-corrected chi connectivity index (χ4v) is 2.04. The monoisotopic (exact) mass is 214 g/mol. The van der Waals surface area contributed by atoms with Gasteiger partial charge in [0.1, 0.15) is 0 Å². The summed E-state index contributed by atoms with van der Waals surface area (Å²) in [6.07, 6.45) is 1.98. The van der Waals surface area contributed by atoms with E-state index in [0.29, 0.717) is 6.54 Å². The zero-order valence-electron chi connectivity index (χ0n) is 9.82. The molecular weight excluding hydrogens is 192 g/mol. The highest BCUT2D eigenvalue weighted by molar-refractivity contribution is 5.79. The van der Waals surface area contributed by atoms with E-state index in [2.05, 4.69) is 5.32 Å². The van der Waals surface area contributed by atoms with Gasteiger partial charge in [0.2, 0.25) is 5.91 Å². The van der Waals surface area contributed by atoms with Gasteiger partial charge in [0.05, 0.1) is 12.2 Å².